The van der Waals surface area contributed by atoms with Crippen LogP contribution in [-0.2, 0) is 4.79 Å². The molecule has 1 aromatic carbocycles. The molecule has 4 nitrogen and oxygen atoms in total. The summed E-state index contributed by atoms with van der Waals surface area (Å²) in [5, 5.41) is 3.63. The number of halogens is 1. The summed E-state index contributed by atoms with van der Waals surface area (Å²) < 4.78 is 0. The van der Waals surface area contributed by atoms with Crippen molar-refractivity contribution in [2.45, 2.75) is 51.5 Å². The minimum absolute atomic E-state index is 0.0970. The standard InChI is InChI=1S/C21H26ClN3O/c1-14-19(18(22)12-13-24-14)15-8-10-17(11-9-15)25-21(26)20(23)16-6-4-2-3-5-7-16/h8-13,16,20H,2-7,23H2,1H3,(H,25,26). The van der Waals surface area contributed by atoms with Crippen molar-refractivity contribution in [1.29, 1.82) is 0 Å². The molecule has 1 unspecified atom stereocenters. The zero-order chi connectivity index (χ0) is 18.5. The van der Waals surface area contributed by atoms with Crippen LogP contribution < -0.4 is 11.1 Å². The maximum Gasteiger partial charge on any atom is 0.241 e. The number of carbonyl (C=O) groups is 1. The van der Waals surface area contributed by atoms with E-state index in [4.69, 9.17) is 17.3 Å². The number of pyridine rings is 1. The maximum absolute atomic E-state index is 12.5. The molecule has 0 saturated heterocycles. The van der Waals surface area contributed by atoms with Gasteiger partial charge in [0.15, 0.2) is 0 Å². The molecule has 5 heteroatoms. The molecule has 1 heterocycles. The quantitative estimate of drug-likeness (QED) is 0.747. The summed E-state index contributed by atoms with van der Waals surface area (Å²) in [5.41, 5.74) is 9.76. The molecule has 1 saturated carbocycles. The maximum atomic E-state index is 12.5. The van der Waals surface area contributed by atoms with Gasteiger partial charge in [0.1, 0.15) is 0 Å². The summed E-state index contributed by atoms with van der Waals surface area (Å²) >= 11 is 6.30. The average Bonchev–Trinajstić information content (AvgIpc) is 2.91. The highest BCUT2D eigenvalue weighted by Gasteiger charge is 2.25. The van der Waals surface area contributed by atoms with Crippen molar-refractivity contribution in [3.8, 4) is 11.1 Å². The molecule has 0 spiro atoms. The number of nitrogens with one attached hydrogen (secondary N) is 1. The first-order valence-corrected chi connectivity index (χ1v) is 9.72. The molecular weight excluding hydrogens is 346 g/mol. The number of aromatic nitrogens is 1. The Kier molecular flexibility index (Phi) is 6.28. The van der Waals surface area contributed by atoms with Crippen LogP contribution in [-0.4, -0.2) is 16.9 Å². The molecule has 0 bridgehead atoms. The topological polar surface area (TPSA) is 68.0 Å². The zero-order valence-corrected chi connectivity index (χ0v) is 15.9. The highest BCUT2D eigenvalue weighted by Crippen LogP contribution is 2.31. The Balaban J connectivity index is 1.68. The lowest BCUT2D eigenvalue weighted by Crippen LogP contribution is -2.41. The second kappa shape index (κ2) is 8.65. The van der Waals surface area contributed by atoms with Gasteiger partial charge in [-0.1, -0.05) is 49.4 Å². The normalized spacial score (nSPS) is 16.7. The van der Waals surface area contributed by atoms with E-state index >= 15 is 0 Å². The van der Waals surface area contributed by atoms with Crippen LogP contribution in [0.25, 0.3) is 11.1 Å². The molecule has 1 aliphatic rings. The summed E-state index contributed by atoms with van der Waals surface area (Å²) in [6.45, 7) is 1.93. The number of carbonyl (C=O) groups excluding carboxylic acids is 1. The number of nitrogens with zero attached hydrogens (tertiary/aromatic N) is 1. The predicted molar refractivity (Wildman–Crippen MR) is 107 cm³/mol. The van der Waals surface area contributed by atoms with Crippen LogP contribution in [0.1, 0.15) is 44.2 Å². The van der Waals surface area contributed by atoms with Crippen LogP contribution in [0, 0.1) is 12.8 Å². The van der Waals surface area contributed by atoms with E-state index in [1.165, 1.54) is 25.7 Å². The number of nitrogens with two attached hydrogens (primary N) is 1. The van der Waals surface area contributed by atoms with Gasteiger partial charge in [-0.25, -0.2) is 0 Å². The van der Waals surface area contributed by atoms with Crippen molar-refractivity contribution in [3.05, 3.63) is 47.2 Å². The lowest BCUT2D eigenvalue weighted by atomic mass is 9.92. The summed E-state index contributed by atoms with van der Waals surface area (Å²) in [7, 11) is 0. The molecule has 3 N–H and O–H groups in total. The summed E-state index contributed by atoms with van der Waals surface area (Å²) in [6.07, 6.45) is 8.64. The van der Waals surface area contributed by atoms with E-state index < -0.39 is 6.04 Å². The number of hydrogen-bond acceptors (Lipinski definition) is 3. The third-order valence-corrected chi connectivity index (χ3v) is 5.56. The van der Waals surface area contributed by atoms with E-state index in [0.717, 1.165) is 35.3 Å². The number of rotatable bonds is 4. The Morgan fingerprint density at radius 2 is 1.81 bits per heavy atom. The molecule has 3 rings (SSSR count). The molecule has 1 amide bonds. The highest BCUT2D eigenvalue weighted by atomic mass is 35.5. The fourth-order valence-corrected chi connectivity index (χ4v) is 4.01. The zero-order valence-electron chi connectivity index (χ0n) is 15.2. The number of aryl methyl sites for hydroxylation is 1. The van der Waals surface area contributed by atoms with Gasteiger partial charge in [0, 0.05) is 23.1 Å². The van der Waals surface area contributed by atoms with E-state index in [-0.39, 0.29) is 11.8 Å². The molecule has 0 aliphatic heterocycles. The Labute approximate surface area is 160 Å². The molecule has 1 aromatic heterocycles. The highest BCUT2D eigenvalue weighted by molar-refractivity contribution is 6.33. The van der Waals surface area contributed by atoms with Crippen molar-refractivity contribution in [1.82, 2.24) is 4.98 Å². The smallest absolute Gasteiger partial charge is 0.241 e. The van der Waals surface area contributed by atoms with Crippen LogP contribution in [0.4, 0.5) is 5.69 Å². The number of amides is 1. The van der Waals surface area contributed by atoms with Gasteiger partial charge in [-0.15, -0.1) is 0 Å². The van der Waals surface area contributed by atoms with Crippen molar-refractivity contribution < 1.29 is 4.79 Å². The average molecular weight is 372 g/mol. The van der Waals surface area contributed by atoms with Crippen molar-refractivity contribution in [3.63, 3.8) is 0 Å². The lowest BCUT2D eigenvalue weighted by Gasteiger charge is -2.21. The predicted octanol–water partition coefficient (Wildman–Crippen LogP) is 4.95. The first-order chi connectivity index (χ1) is 12.6. The van der Waals surface area contributed by atoms with Gasteiger partial charge < -0.3 is 11.1 Å². The molecular formula is C21H26ClN3O. The van der Waals surface area contributed by atoms with Gasteiger partial charge in [-0.2, -0.15) is 0 Å². The fraction of sp³-hybridized carbons (Fsp3) is 0.429. The Morgan fingerprint density at radius 1 is 1.15 bits per heavy atom. The Morgan fingerprint density at radius 3 is 2.42 bits per heavy atom. The number of anilines is 1. The largest absolute Gasteiger partial charge is 0.325 e. The summed E-state index contributed by atoms with van der Waals surface area (Å²) in [4.78, 5) is 16.8. The van der Waals surface area contributed by atoms with Gasteiger partial charge in [-0.05, 0) is 49.4 Å². The SMILES string of the molecule is Cc1nccc(Cl)c1-c1ccc(NC(=O)C(N)C2CCCCCC2)cc1. The third kappa shape index (κ3) is 4.43. The van der Waals surface area contributed by atoms with E-state index in [9.17, 15) is 4.79 Å². The van der Waals surface area contributed by atoms with E-state index in [1.54, 1.807) is 12.3 Å². The Hall–Kier alpha value is -1.91. The van der Waals surface area contributed by atoms with Crippen LogP contribution in [0.5, 0.6) is 0 Å². The summed E-state index contributed by atoms with van der Waals surface area (Å²) in [5.74, 6) is 0.189. The first kappa shape index (κ1) is 18.9. The van der Waals surface area contributed by atoms with Gasteiger partial charge in [0.25, 0.3) is 0 Å². The first-order valence-electron chi connectivity index (χ1n) is 9.34. The molecule has 1 atom stereocenters. The molecule has 138 valence electrons. The minimum Gasteiger partial charge on any atom is -0.325 e. The van der Waals surface area contributed by atoms with Crippen molar-refractivity contribution in [2.75, 3.05) is 5.32 Å². The van der Waals surface area contributed by atoms with Crippen LogP contribution in [0.15, 0.2) is 36.5 Å². The lowest BCUT2D eigenvalue weighted by molar-refractivity contribution is -0.118. The van der Waals surface area contributed by atoms with Gasteiger partial charge >= 0.3 is 0 Å². The van der Waals surface area contributed by atoms with Gasteiger partial charge in [0.2, 0.25) is 5.91 Å². The minimum atomic E-state index is -0.442. The van der Waals surface area contributed by atoms with Gasteiger partial charge in [-0.3, -0.25) is 9.78 Å². The second-order valence-electron chi connectivity index (χ2n) is 7.10. The Bertz CT molecular complexity index is 732. The van der Waals surface area contributed by atoms with Crippen LogP contribution >= 0.6 is 11.6 Å². The number of benzene rings is 1. The van der Waals surface area contributed by atoms with Crippen molar-refractivity contribution in [2.24, 2.45) is 11.7 Å². The fourth-order valence-electron chi connectivity index (χ4n) is 3.71. The van der Waals surface area contributed by atoms with E-state index in [1.807, 2.05) is 31.2 Å². The molecule has 1 fully saturated rings. The summed E-state index contributed by atoms with van der Waals surface area (Å²) in [6, 6.07) is 9.00. The monoisotopic (exact) mass is 371 g/mol. The molecule has 0 radical (unpaired) electrons. The third-order valence-electron chi connectivity index (χ3n) is 5.24. The molecule has 2 aromatic rings. The number of hydrogen-bond donors (Lipinski definition) is 2. The van der Waals surface area contributed by atoms with Crippen LogP contribution in [0.3, 0.4) is 0 Å². The van der Waals surface area contributed by atoms with E-state index in [0.29, 0.717) is 5.02 Å². The molecule has 1 aliphatic carbocycles. The van der Waals surface area contributed by atoms with Crippen LogP contribution in [0.2, 0.25) is 5.02 Å². The molecule has 26 heavy (non-hydrogen) atoms. The van der Waals surface area contributed by atoms with E-state index in [2.05, 4.69) is 10.3 Å². The second-order valence-corrected chi connectivity index (χ2v) is 7.50. The van der Waals surface area contributed by atoms with Gasteiger partial charge in [0.05, 0.1) is 11.1 Å². The van der Waals surface area contributed by atoms with Crippen molar-refractivity contribution >= 4 is 23.2 Å².